The van der Waals surface area contributed by atoms with E-state index in [4.69, 9.17) is 22.1 Å². The van der Waals surface area contributed by atoms with Crippen LogP contribution in [0.1, 0.15) is 24.5 Å². The van der Waals surface area contributed by atoms with Crippen LogP contribution in [0.15, 0.2) is 46.7 Å². The van der Waals surface area contributed by atoms with Gasteiger partial charge in [-0.1, -0.05) is 30.1 Å². The molecule has 0 spiro atoms. The molecule has 0 amide bonds. The Labute approximate surface area is 173 Å². The number of carbonyl (C=O) groups is 2. The van der Waals surface area contributed by atoms with E-state index in [-0.39, 0.29) is 12.2 Å². The molecule has 0 saturated carbocycles. The molecule has 3 rings (SSSR count). The summed E-state index contributed by atoms with van der Waals surface area (Å²) < 4.78 is 6.36. The van der Waals surface area contributed by atoms with Crippen molar-refractivity contribution in [2.75, 3.05) is 11.9 Å². The average molecular weight is 416 g/mol. The average Bonchev–Trinajstić information content (AvgIpc) is 3.05. The van der Waals surface area contributed by atoms with Crippen molar-refractivity contribution < 1.29 is 19.4 Å². The second kappa shape index (κ2) is 7.93. The van der Waals surface area contributed by atoms with Crippen LogP contribution >= 0.6 is 24.0 Å². The molecule has 1 atom stereocenters. The van der Waals surface area contributed by atoms with Crippen molar-refractivity contribution in [1.82, 2.24) is 0 Å². The molecule has 28 heavy (non-hydrogen) atoms. The monoisotopic (exact) mass is 415 g/mol. The van der Waals surface area contributed by atoms with E-state index in [2.05, 4.69) is 19.9 Å². The molecule has 1 saturated heterocycles. The summed E-state index contributed by atoms with van der Waals surface area (Å²) in [6.45, 7) is 6.00. The van der Waals surface area contributed by atoms with Gasteiger partial charge in [-0.2, -0.15) is 0 Å². The van der Waals surface area contributed by atoms with Gasteiger partial charge in [-0.25, -0.2) is 0 Å². The number of thioether (sulfide) groups is 1. The number of thiocarbonyl (C=S) groups is 1. The smallest absolute Gasteiger partial charge is 0.304 e. The molecule has 146 valence electrons. The van der Waals surface area contributed by atoms with Gasteiger partial charge < -0.3 is 14.7 Å². The molecule has 7 heteroatoms. The molecule has 5 nitrogen and oxygen atoms in total. The van der Waals surface area contributed by atoms with Crippen LogP contribution in [-0.2, 0) is 9.59 Å². The quantitative estimate of drug-likeness (QED) is 0.572. The van der Waals surface area contributed by atoms with Crippen LogP contribution in [0.5, 0.6) is 5.75 Å². The molecule has 2 heterocycles. The summed E-state index contributed by atoms with van der Waals surface area (Å²) in [5.41, 5.74) is 4.24. The van der Waals surface area contributed by atoms with Gasteiger partial charge in [-0.15, -0.1) is 0 Å². The summed E-state index contributed by atoms with van der Waals surface area (Å²) in [5.74, 6) is -0.441. The number of benzene rings is 1. The third-order valence-corrected chi connectivity index (χ3v) is 6.32. The standard InChI is InChI=1S/C21H21NO4S2/c1-11(7-17-20(25)14(10-19(23)24)21(27)28-17)5-6-18-22(4)15-8-12(2)13(3)9-16(15)26-18/h5-9,14H,10H2,1-4H3,(H,23,24). The Morgan fingerprint density at radius 1 is 1.36 bits per heavy atom. The summed E-state index contributed by atoms with van der Waals surface area (Å²) in [5, 5.41) is 8.94. The number of carboxylic acids is 1. The lowest BCUT2D eigenvalue weighted by molar-refractivity contribution is -0.139. The van der Waals surface area contributed by atoms with Gasteiger partial charge in [0, 0.05) is 7.05 Å². The Balaban J connectivity index is 1.78. The minimum absolute atomic E-state index is 0.217. The summed E-state index contributed by atoms with van der Waals surface area (Å²) >= 11 is 6.35. The number of carboxylic acid groups (broad SMARTS) is 1. The largest absolute Gasteiger partial charge is 0.481 e. The predicted molar refractivity (Wildman–Crippen MR) is 116 cm³/mol. The fourth-order valence-electron chi connectivity index (χ4n) is 2.98. The molecule has 0 bridgehead atoms. The summed E-state index contributed by atoms with van der Waals surface area (Å²) in [7, 11) is 1.94. The molecule has 0 radical (unpaired) electrons. The minimum atomic E-state index is -1.02. The van der Waals surface area contributed by atoms with E-state index in [0.29, 0.717) is 15.0 Å². The highest BCUT2D eigenvalue weighted by Crippen LogP contribution is 2.40. The number of ether oxygens (including phenoxy) is 1. The molecule has 0 aromatic heterocycles. The second-order valence-corrected chi connectivity index (χ2v) is 8.71. The van der Waals surface area contributed by atoms with E-state index in [1.807, 2.05) is 37.1 Å². The Morgan fingerprint density at radius 3 is 2.71 bits per heavy atom. The van der Waals surface area contributed by atoms with Gasteiger partial charge in [0.15, 0.2) is 17.4 Å². The maximum Gasteiger partial charge on any atom is 0.304 e. The van der Waals surface area contributed by atoms with E-state index in [1.54, 1.807) is 6.08 Å². The highest BCUT2D eigenvalue weighted by atomic mass is 32.2. The van der Waals surface area contributed by atoms with E-state index in [1.165, 1.54) is 22.9 Å². The first-order valence-electron chi connectivity index (χ1n) is 8.78. The minimum Gasteiger partial charge on any atom is -0.481 e. The molecule has 2 aliphatic rings. The second-order valence-electron chi connectivity index (χ2n) is 6.93. The van der Waals surface area contributed by atoms with Crippen molar-refractivity contribution in [3.8, 4) is 5.75 Å². The van der Waals surface area contributed by atoms with Crippen LogP contribution in [0.2, 0.25) is 0 Å². The lowest BCUT2D eigenvalue weighted by Crippen LogP contribution is -2.17. The number of aryl methyl sites for hydroxylation is 2. The SMILES string of the molecule is CC(=CC=C1Oc2cc(C)c(C)cc2N1C)C=C1SC(=S)C(CC(=O)O)C1=O. The maximum atomic E-state index is 12.4. The number of carbonyl (C=O) groups excluding carboxylic acids is 1. The molecule has 1 N–H and O–H groups in total. The van der Waals surface area contributed by atoms with E-state index < -0.39 is 11.9 Å². The number of fused-ring (bicyclic) bond motifs is 1. The van der Waals surface area contributed by atoms with Gasteiger partial charge in [0.1, 0.15) is 0 Å². The van der Waals surface area contributed by atoms with Crippen LogP contribution < -0.4 is 9.64 Å². The first-order chi connectivity index (χ1) is 13.2. The van der Waals surface area contributed by atoms with Gasteiger partial charge in [0.2, 0.25) is 0 Å². The fraction of sp³-hybridized carbons (Fsp3) is 0.286. The van der Waals surface area contributed by atoms with Gasteiger partial charge in [0.05, 0.1) is 27.1 Å². The maximum absolute atomic E-state index is 12.4. The first kappa shape index (κ1) is 20.4. The normalized spacial score (nSPS) is 22.2. The lowest BCUT2D eigenvalue weighted by Gasteiger charge is -2.11. The third-order valence-electron chi connectivity index (χ3n) is 4.76. The number of anilines is 1. The van der Waals surface area contributed by atoms with Crippen molar-refractivity contribution >= 4 is 45.6 Å². The van der Waals surface area contributed by atoms with Crippen molar-refractivity contribution in [2.45, 2.75) is 27.2 Å². The number of rotatable bonds is 4. The third kappa shape index (κ3) is 4.05. The number of hydrogen-bond acceptors (Lipinski definition) is 6. The Hall–Kier alpha value is -2.38. The van der Waals surface area contributed by atoms with Crippen LogP contribution in [0.25, 0.3) is 0 Å². The Morgan fingerprint density at radius 2 is 2.04 bits per heavy atom. The van der Waals surface area contributed by atoms with Crippen LogP contribution in [0.4, 0.5) is 5.69 Å². The van der Waals surface area contributed by atoms with Crippen LogP contribution in [0, 0.1) is 19.8 Å². The molecule has 2 aliphatic heterocycles. The lowest BCUT2D eigenvalue weighted by atomic mass is 10.0. The van der Waals surface area contributed by atoms with E-state index in [0.717, 1.165) is 17.0 Å². The van der Waals surface area contributed by atoms with E-state index in [9.17, 15) is 9.59 Å². The number of nitrogens with zero attached hydrogens (tertiary/aromatic N) is 1. The van der Waals surface area contributed by atoms with Crippen molar-refractivity contribution in [1.29, 1.82) is 0 Å². The molecular weight excluding hydrogens is 394 g/mol. The number of aliphatic carboxylic acids is 1. The Kier molecular flexibility index (Phi) is 5.76. The zero-order valence-corrected chi connectivity index (χ0v) is 17.7. The summed E-state index contributed by atoms with van der Waals surface area (Å²) in [4.78, 5) is 25.8. The number of Topliss-reactive ketones (excluding diaryl/α,β-unsaturated/α-hetero) is 1. The van der Waals surface area contributed by atoms with Crippen LogP contribution in [-0.4, -0.2) is 28.1 Å². The van der Waals surface area contributed by atoms with Gasteiger partial charge in [-0.3, -0.25) is 9.59 Å². The number of ketones is 1. The molecule has 1 unspecified atom stereocenters. The Bertz CT molecular complexity index is 975. The number of hydrogen-bond donors (Lipinski definition) is 1. The molecule has 1 fully saturated rings. The molecule has 1 aromatic carbocycles. The summed E-state index contributed by atoms with van der Waals surface area (Å²) in [6.07, 6.45) is 5.21. The number of allylic oxidation sites excluding steroid dienone is 5. The van der Waals surface area contributed by atoms with Gasteiger partial charge in [-0.05, 0) is 61.8 Å². The molecule has 1 aromatic rings. The highest BCUT2D eigenvalue weighted by Gasteiger charge is 2.36. The zero-order chi connectivity index (χ0) is 20.6. The summed E-state index contributed by atoms with van der Waals surface area (Å²) in [6, 6.07) is 4.12. The van der Waals surface area contributed by atoms with E-state index >= 15 is 0 Å². The first-order valence-corrected chi connectivity index (χ1v) is 10.0. The van der Waals surface area contributed by atoms with Crippen molar-refractivity contribution in [3.63, 3.8) is 0 Å². The fourth-order valence-corrected chi connectivity index (χ4v) is 4.48. The zero-order valence-electron chi connectivity index (χ0n) is 16.1. The van der Waals surface area contributed by atoms with Crippen molar-refractivity contribution in [3.05, 3.63) is 57.8 Å². The molecular formula is C21H21NO4S2. The van der Waals surface area contributed by atoms with Crippen LogP contribution in [0.3, 0.4) is 0 Å². The predicted octanol–water partition coefficient (Wildman–Crippen LogP) is 4.54. The molecule has 0 aliphatic carbocycles. The van der Waals surface area contributed by atoms with Gasteiger partial charge in [0.25, 0.3) is 0 Å². The van der Waals surface area contributed by atoms with Gasteiger partial charge >= 0.3 is 5.97 Å². The highest BCUT2D eigenvalue weighted by molar-refractivity contribution is 8.27. The van der Waals surface area contributed by atoms with Crippen molar-refractivity contribution in [2.24, 2.45) is 5.92 Å². The topological polar surface area (TPSA) is 66.8 Å².